The summed E-state index contributed by atoms with van der Waals surface area (Å²) in [4.78, 5) is 32.5. The Labute approximate surface area is 205 Å². The third-order valence-corrected chi connectivity index (χ3v) is 6.95. The molecule has 9 heteroatoms. The van der Waals surface area contributed by atoms with Crippen LogP contribution in [-0.4, -0.2) is 63.3 Å². The Balaban J connectivity index is 1.30. The standard InChI is InChI=1S/C26H30N6O3/c1-3-17-13-19(17)15-35-26-30-23(24(34)28-16(2)14-33)29-25(31-26)32-11-8-18(9-12-32)20-6-7-22-21(20)5-4-10-27-22/h1,4-6,10,16-19,33H,7-9,11-15H2,2H3,(H,28,34)/t16-,17-,19-/m1/s1. The number of hydrogen-bond donors (Lipinski definition) is 2. The number of anilines is 1. The predicted molar refractivity (Wildman–Crippen MR) is 131 cm³/mol. The molecule has 3 heterocycles. The first-order valence-corrected chi connectivity index (χ1v) is 12.2. The molecule has 5 rings (SSSR count). The summed E-state index contributed by atoms with van der Waals surface area (Å²) in [6.07, 6.45) is 13.4. The lowest BCUT2D eigenvalue weighted by Crippen LogP contribution is -2.38. The fraction of sp³-hybridized carbons (Fsp3) is 0.500. The number of terminal acetylenes is 1. The molecule has 35 heavy (non-hydrogen) atoms. The van der Waals surface area contributed by atoms with E-state index in [9.17, 15) is 9.90 Å². The van der Waals surface area contributed by atoms with Crippen LogP contribution in [0.4, 0.5) is 5.95 Å². The van der Waals surface area contributed by atoms with E-state index in [4.69, 9.17) is 11.2 Å². The number of nitrogens with one attached hydrogen (secondary N) is 1. The fourth-order valence-electron chi connectivity index (χ4n) is 4.76. The van der Waals surface area contributed by atoms with Crippen molar-refractivity contribution in [1.82, 2.24) is 25.3 Å². The lowest BCUT2D eigenvalue weighted by Gasteiger charge is -2.33. The molecule has 182 valence electrons. The average molecular weight is 475 g/mol. The molecule has 1 aliphatic heterocycles. The molecule has 0 spiro atoms. The first-order valence-electron chi connectivity index (χ1n) is 12.2. The zero-order valence-corrected chi connectivity index (χ0v) is 19.9. The van der Waals surface area contributed by atoms with Gasteiger partial charge in [0.1, 0.15) is 0 Å². The van der Waals surface area contributed by atoms with Crippen LogP contribution in [0.2, 0.25) is 0 Å². The molecule has 1 amide bonds. The molecule has 2 aromatic rings. The molecule has 0 unspecified atom stereocenters. The highest BCUT2D eigenvalue weighted by Crippen LogP contribution is 2.38. The number of aliphatic hydroxyl groups is 1. The van der Waals surface area contributed by atoms with Crippen molar-refractivity contribution in [2.75, 3.05) is 31.2 Å². The van der Waals surface area contributed by atoms with Gasteiger partial charge in [0.15, 0.2) is 0 Å². The van der Waals surface area contributed by atoms with E-state index in [1.54, 1.807) is 6.92 Å². The number of carbonyl (C=O) groups is 1. The third-order valence-electron chi connectivity index (χ3n) is 6.95. The van der Waals surface area contributed by atoms with E-state index in [1.807, 2.05) is 12.3 Å². The number of amides is 1. The van der Waals surface area contributed by atoms with Gasteiger partial charge in [0, 0.05) is 43.6 Å². The maximum absolute atomic E-state index is 12.7. The second-order valence-electron chi connectivity index (χ2n) is 9.50. The first-order chi connectivity index (χ1) is 17.1. The number of fused-ring (bicyclic) bond motifs is 1. The smallest absolute Gasteiger partial charge is 0.321 e. The van der Waals surface area contributed by atoms with Gasteiger partial charge in [0.2, 0.25) is 11.8 Å². The number of pyridine rings is 1. The first kappa shape index (κ1) is 23.2. The molecule has 0 bridgehead atoms. The maximum Gasteiger partial charge on any atom is 0.321 e. The quantitative estimate of drug-likeness (QED) is 0.558. The second kappa shape index (κ2) is 10.0. The van der Waals surface area contributed by atoms with Crippen molar-refractivity contribution in [1.29, 1.82) is 0 Å². The van der Waals surface area contributed by atoms with Gasteiger partial charge in [-0.15, -0.1) is 12.3 Å². The van der Waals surface area contributed by atoms with Gasteiger partial charge in [-0.1, -0.05) is 12.1 Å². The Bertz CT molecular complexity index is 1170. The molecule has 1 saturated heterocycles. The van der Waals surface area contributed by atoms with E-state index >= 15 is 0 Å². The molecule has 9 nitrogen and oxygen atoms in total. The van der Waals surface area contributed by atoms with E-state index in [-0.39, 0.29) is 24.4 Å². The lowest BCUT2D eigenvalue weighted by molar-refractivity contribution is 0.0909. The minimum atomic E-state index is -0.469. The van der Waals surface area contributed by atoms with Gasteiger partial charge < -0.3 is 20.1 Å². The fourth-order valence-corrected chi connectivity index (χ4v) is 4.76. The summed E-state index contributed by atoms with van der Waals surface area (Å²) in [7, 11) is 0. The summed E-state index contributed by atoms with van der Waals surface area (Å²) in [5.74, 6) is 3.66. The maximum atomic E-state index is 12.7. The van der Waals surface area contributed by atoms with E-state index in [1.165, 1.54) is 11.1 Å². The van der Waals surface area contributed by atoms with Gasteiger partial charge in [-0.25, -0.2) is 0 Å². The van der Waals surface area contributed by atoms with Gasteiger partial charge in [0.25, 0.3) is 5.91 Å². The van der Waals surface area contributed by atoms with Crippen molar-refractivity contribution in [3.8, 4) is 18.4 Å². The van der Waals surface area contributed by atoms with E-state index in [2.05, 4.69) is 48.2 Å². The largest absolute Gasteiger partial charge is 0.463 e. The summed E-state index contributed by atoms with van der Waals surface area (Å²) in [6.45, 7) is 3.47. The topological polar surface area (TPSA) is 113 Å². The van der Waals surface area contributed by atoms with Crippen LogP contribution in [0.3, 0.4) is 0 Å². The van der Waals surface area contributed by atoms with Crippen molar-refractivity contribution in [2.24, 2.45) is 17.8 Å². The van der Waals surface area contributed by atoms with Crippen LogP contribution in [-0.2, 0) is 6.42 Å². The lowest BCUT2D eigenvalue weighted by atomic mass is 9.87. The number of aromatic nitrogens is 4. The van der Waals surface area contributed by atoms with Crippen LogP contribution in [0.15, 0.2) is 24.4 Å². The van der Waals surface area contributed by atoms with Crippen LogP contribution in [0.25, 0.3) is 5.57 Å². The van der Waals surface area contributed by atoms with E-state index < -0.39 is 11.9 Å². The Morgan fingerprint density at radius 3 is 2.91 bits per heavy atom. The van der Waals surface area contributed by atoms with E-state index in [0.29, 0.717) is 24.4 Å². The highest BCUT2D eigenvalue weighted by Gasteiger charge is 2.36. The summed E-state index contributed by atoms with van der Waals surface area (Å²) >= 11 is 0. The van der Waals surface area contributed by atoms with Crippen molar-refractivity contribution >= 4 is 17.4 Å². The number of allylic oxidation sites excluding steroid dienone is 2. The summed E-state index contributed by atoms with van der Waals surface area (Å²) in [6, 6.07) is 3.87. The number of nitrogens with zero attached hydrogens (tertiary/aromatic N) is 5. The molecular formula is C26H30N6O3. The minimum absolute atomic E-state index is 0.0183. The number of rotatable bonds is 8. The van der Waals surface area contributed by atoms with Crippen molar-refractivity contribution < 1.29 is 14.6 Å². The Morgan fingerprint density at radius 2 is 2.17 bits per heavy atom. The number of piperidine rings is 1. The highest BCUT2D eigenvalue weighted by atomic mass is 16.5. The molecule has 0 radical (unpaired) electrons. The molecule has 2 aromatic heterocycles. The van der Waals surface area contributed by atoms with Crippen LogP contribution < -0.4 is 15.0 Å². The van der Waals surface area contributed by atoms with Crippen molar-refractivity contribution in [3.63, 3.8) is 0 Å². The van der Waals surface area contributed by atoms with Crippen molar-refractivity contribution in [3.05, 3.63) is 41.5 Å². The zero-order valence-electron chi connectivity index (χ0n) is 19.9. The monoisotopic (exact) mass is 474 g/mol. The summed E-state index contributed by atoms with van der Waals surface area (Å²) in [5.41, 5.74) is 3.81. The third kappa shape index (κ3) is 5.13. The second-order valence-corrected chi connectivity index (χ2v) is 9.50. The van der Waals surface area contributed by atoms with Gasteiger partial charge >= 0.3 is 6.01 Å². The zero-order chi connectivity index (χ0) is 24.4. The number of aliphatic hydroxyl groups excluding tert-OH is 1. The van der Waals surface area contributed by atoms with Crippen LogP contribution in [0.1, 0.15) is 48.1 Å². The highest BCUT2D eigenvalue weighted by molar-refractivity contribution is 5.91. The number of hydrogen-bond acceptors (Lipinski definition) is 8. The van der Waals surface area contributed by atoms with Crippen LogP contribution in [0, 0.1) is 30.1 Å². The molecule has 0 aromatic carbocycles. The molecule has 3 aliphatic rings. The molecule has 2 N–H and O–H groups in total. The molecule has 2 aliphatic carbocycles. The number of carbonyl (C=O) groups excluding carboxylic acids is 1. The average Bonchev–Trinajstić information content (AvgIpc) is 3.54. The summed E-state index contributed by atoms with van der Waals surface area (Å²) in [5, 5.41) is 12.0. The van der Waals surface area contributed by atoms with Crippen LogP contribution >= 0.6 is 0 Å². The Morgan fingerprint density at radius 1 is 1.34 bits per heavy atom. The molecular weight excluding hydrogens is 444 g/mol. The molecule has 3 atom stereocenters. The van der Waals surface area contributed by atoms with Gasteiger partial charge in [-0.05, 0) is 49.3 Å². The predicted octanol–water partition coefficient (Wildman–Crippen LogP) is 1.88. The van der Waals surface area contributed by atoms with E-state index in [0.717, 1.165) is 44.5 Å². The van der Waals surface area contributed by atoms with Gasteiger partial charge in [0.05, 0.1) is 18.9 Å². The van der Waals surface area contributed by atoms with Crippen molar-refractivity contribution in [2.45, 2.75) is 38.6 Å². The van der Waals surface area contributed by atoms with Crippen LogP contribution in [0.5, 0.6) is 6.01 Å². The Kier molecular flexibility index (Phi) is 6.64. The number of ether oxygens (including phenoxy) is 1. The van der Waals surface area contributed by atoms with Gasteiger partial charge in [-0.2, -0.15) is 15.0 Å². The Hall–Kier alpha value is -3.51. The SMILES string of the molecule is C#C[C@@H]1C[C@@H]1COc1nc(C(=O)N[C@H](C)CO)nc(N2CCC(C3=CCc4ncccc43)CC2)n1. The van der Waals surface area contributed by atoms with Gasteiger partial charge in [-0.3, -0.25) is 9.78 Å². The minimum Gasteiger partial charge on any atom is -0.463 e. The normalized spacial score (nSPS) is 22.1. The summed E-state index contributed by atoms with van der Waals surface area (Å²) < 4.78 is 5.83. The molecule has 2 fully saturated rings. The molecule has 1 saturated carbocycles.